The molecule has 1 N–H and O–H groups in total. The maximum atomic E-state index is 12.6. The molecule has 7 heteroatoms. The van der Waals surface area contributed by atoms with Crippen molar-refractivity contribution >= 4 is 23.3 Å². The van der Waals surface area contributed by atoms with Gasteiger partial charge in [-0.15, -0.1) is 0 Å². The normalized spacial score (nSPS) is 13.5. The molecule has 0 spiro atoms. The number of amides is 1. The topological polar surface area (TPSA) is 80.6 Å². The predicted molar refractivity (Wildman–Crippen MR) is 98.9 cm³/mol. The Morgan fingerprint density at radius 2 is 1.81 bits per heavy atom. The average Bonchev–Trinajstić information content (AvgIpc) is 3.17. The first-order valence-electron chi connectivity index (χ1n) is 8.45. The number of ether oxygens (including phenoxy) is 1. The molecule has 136 valence electrons. The summed E-state index contributed by atoms with van der Waals surface area (Å²) in [5, 5.41) is 2.83. The number of benzene rings is 1. The second-order valence-electron chi connectivity index (χ2n) is 6.24. The SMILES string of the molecule is COC(=O)c1ccc(N2CCCC2)c(NC(=O)c2ccn(C)c(=O)c2)c1. The van der Waals surface area contributed by atoms with Crippen LogP contribution in [0.25, 0.3) is 0 Å². The standard InChI is InChI=1S/C19H21N3O4/c1-21-10-7-13(12-17(21)23)18(24)20-15-11-14(19(25)26-2)5-6-16(15)22-8-3-4-9-22/h5-7,10-12H,3-4,8-9H2,1-2H3,(H,20,24). The Bertz CT molecular complexity index is 898. The quantitative estimate of drug-likeness (QED) is 0.849. The van der Waals surface area contributed by atoms with Crippen LogP contribution in [0.3, 0.4) is 0 Å². The molecule has 1 aliphatic heterocycles. The number of carbonyl (C=O) groups is 2. The van der Waals surface area contributed by atoms with Gasteiger partial charge in [-0.1, -0.05) is 0 Å². The zero-order valence-corrected chi connectivity index (χ0v) is 14.8. The lowest BCUT2D eigenvalue weighted by Gasteiger charge is -2.22. The van der Waals surface area contributed by atoms with Gasteiger partial charge in [0.25, 0.3) is 11.5 Å². The summed E-state index contributed by atoms with van der Waals surface area (Å²) < 4.78 is 6.16. The lowest BCUT2D eigenvalue weighted by atomic mass is 10.1. The van der Waals surface area contributed by atoms with E-state index in [-0.39, 0.29) is 11.1 Å². The first-order chi connectivity index (χ1) is 12.5. The summed E-state index contributed by atoms with van der Waals surface area (Å²) in [4.78, 5) is 38.4. The molecule has 0 radical (unpaired) electrons. The van der Waals surface area contributed by atoms with E-state index >= 15 is 0 Å². The lowest BCUT2D eigenvalue weighted by molar-refractivity contribution is 0.0600. The van der Waals surface area contributed by atoms with Crippen molar-refractivity contribution in [2.45, 2.75) is 12.8 Å². The van der Waals surface area contributed by atoms with Crippen molar-refractivity contribution < 1.29 is 14.3 Å². The van der Waals surface area contributed by atoms with Gasteiger partial charge in [-0.25, -0.2) is 4.79 Å². The van der Waals surface area contributed by atoms with Crippen molar-refractivity contribution in [1.29, 1.82) is 0 Å². The van der Waals surface area contributed by atoms with Crippen molar-refractivity contribution in [3.05, 3.63) is 58.0 Å². The van der Waals surface area contributed by atoms with Crippen LogP contribution in [0.2, 0.25) is 0 Å². The zero-order valence-electron chi connectivity index (χ0n) is 14.8. The Balaban J connectivity index is 1.94. The number of aromatic nitrogens is 1. The van der Waals surface area contributed by atoms with E-state index in [0.29, 0.717) is 11.3 Å². The van der Waals surface area contributed by atoms with Crippen LogP contribution < -0.4 is 15.8 Å². The third-order valence-corrected chi connectivity index (χ3v) is 4.48. The number of rotatable bonds is 4. The summed E-state index contributed by atoms with van der Waals surface area (Å²) in [6, 6.07) is 7.98. The van der Waals surface area contributed by atoms with Gasteiger partial charge < -0.3 is 19.5 Å². The summed E-state index contributed by atoms with van der Waals surface area (Å²) in [7, 11) is 2.93. The summed E-state index contributed by atoms with van der Waals surface area (Å²) >= 11 is 0. The number of esters is 1. The summed E-state index contributed by atoms with van der Waals surface area (Å²) in [6.07, 6.45) is 3.71. The molecule has 3 rings (SSSR count). The fourth-order valence-electron chi connectivity index (χ4n) is 3.00. The Hall–Kier alpha value is -3.09. The molecule has 26 heavy (non-hydrogen) atoms. The van der Waals surface area contributed by atoms with Crippen LogP contribution in [0.5, 0.6) is 0 Å². The third-order valence-electron chi connectivity index (χ3n) is 4.48. The van der Waals surface area contributed by atoms with Gasteiger partial charge in [-0.3, -0.25) is 9.59 Å². The van der Waals surface area contributed by atoms with Crippen molar-refractivity contribution in [1.82, 2.24) is 4.57 Å². The van der Waals surface area contributed by atoms with Gasteiger partial charge in [-0.2, -0.15) is 0 Å². The number of hydrogen-bond acceptors (Lipinski definition) is 5. The molecule has 0 unspecified atom stereocenters. The fraction of sp³-hybridized carbons (Fsp3) is 0.316. The van der Waals surface area contributed by atoms with Gasteiger partial charge in [0.05, 0.1) is 24.0 Å². The van der Waals surface area contributed by atoms with E-state index < -0.39 is 11.9 Å². The number of hydrogen-bond donors (Lipinski definition) is 1. The van der Waals surface area contributed by atoms with E-state index in [4.69, 9.17) is 4.74 Å². The minimum atomic E-state index is -0.470. The molecule has 1 aromatic heterocycles. The number of carbonyl (C=O) groups excluding carboxylic acids is 2. The van der Waals surface area contributed by atoms with Crippen LogP contribution in [0.4, 0.5) is 11.4 Å². The molecular weight excluding hydrogens is 334 g/mol. The average molecular weight is 355 g/mol. The molecule has 0 aliphatic carbocycles. The molecule has 1 amide bonds. The summed E-state index contributed by atoms with van der Waals surface area (Å²) in [5.41, 5.74) is 1.74. The molecule has 1 saturated heterocycles. The van der Waals surface area contributed by atoms with Gasteiger partial charge >= 0.3 is 5.97 Å². The van der Waals surface area contributed by atoms with E-state index in [1.165, 1.54) is 17.7 Å². The minimum absolute atomic E-state index is 0.263. The Morgan fingerprint density at radius 1 is 1.08 bits per heavy atom. The third kappa shape index (κ3) is 3.61. The zero-order chi connectivity index (χ0) is 18.7. The molecule has 0 bridgehead atoms. The maximum Gasteiger partial charge on any atom is 0.337 e. The van der Waals surface area contributed by atoms with Crippen LogP contribution in [-0.4, -0.2) is 36.6 Å². The number of nitrogens with one attached hydrogen (secondary N) is 1. The molecule has 2 aromatic rings. The fourth-order valence-corrected chi connectivity index (χ4v) is 3.00. The molecule has 2 heterocycles. The molecule has 0 atom stereocenters. The van der Waals surface area contributed by atoms with Gasteiger partial charge in [0, 0.05) is 38.0 Å². The maximum absolute atomic E-state index is 12.6. The number of nitrogens with zero attached hydrogens (tertiary/aromatic N) is 2. The first-order valence-corrected chi connectivity index (χ1v) is 8.45. The Labute approximate surface area is 151 Å². The number of anilines is 2. The van der Waals surface area contributed by atoms with Crippen LogP contribution in [0.15, 0.2) is 41.3 Å². The number of pyridine rings is 1. The Morgan fingerprint density at radius 3 is 2.46 bits per heavy atom. The molecule has 1 fully saturated rings. The van der Waals surface area contributed by atoms with Gasteiger partial charge in [0.15, 0.2) is 0 Å². The van der Waals surface area contributed by atoms with Crippen molar-refractivity contribution in [3.63, 3.8) is 0 Å². The smallest absolute Gasteiger partial charge is 0.337 e. The van der Waals surface area contributed by atoms with Gasteiger partial charge in [0.1, 0.15) is 0 Å². The van der Waals surface area contributed by atoms with E-state index in [9.17, 15) is 14.4 Å². The highest BCUT2D eigenvalue weighted by atomic mass is 16.5. The monoisotopic (exact) mass is 355 g/mol. The largest absolute Gasteiger partial charge is 0.465 e. The highest BCUT2D eigenvalue weighted by Gasteiger charge is 2.19. The van der Waals surface area contributed by atoms with Crippen molar-refractivity contribution in [2.24, 2.45) is 7.05 Å². The minimum Gasteiger partial charge on any atom is -0.465 e. The summed E-state index contributed by atoms with van der Waals surface area (Å²) in [6.45, 7) is 1.79. The molecule has 7 nitrogen and oxygen atoms in total. The van der Waals surface area contributed by atoms with Crippen molar-refractivity contribution in [2.75, 3.05) is 30.4 Å². The van der Waals surface area contributed by atoms with E-state index in [1.54, 1.807) is 31.4 Å². The van der Waals surface area contributed by atoms with Crippen molar-refractivity contribution in [3.8, 4) is 0 Å². The Kier molecular flexibility index (Phi) is 5.06. The van der Waals surface area contributed by atoms with Crippen LogP contribution in [-0.2, 0) is 11.8 Å². The van der Waals surface area contributed by atoms with Gasteiger partial charge in [0.2, 0.25) is 0 Å². The number of methoxy groups -OCH3 is 1. The molecule has 1 aliphatic rings. The molecule has 0 saturated carbocycles. The molecule has 1 aromatic carbocycles. The van der Waals surface area contributed by atoms with E-state index in [1.807, 2.05) is 6.07 Å². The van der Waals surface area contributed by atoms with E-state index in [2.05, 4.69) is 10.2 Å². The lowest BCUT2D eigenvalue weighted by Crippen LogP contribution is -2.23. The van der Waals surface area contributed by atoms with E-state index in [0.717, 1.165) is 31.6 Å². The highest BCUT2D eigenvalue weighted by Crippen LogP contribution is 2.30. The van der Waals surface area contributed by atoms with Crippen LogP contribution in [0.1, 0.15) is 33.6 Å². The predicted octanol–water partition coefficient (Wildman–Crippen LogP) is 2.02. The second kappa shape index (κ2) is 7.43. The van der Waals surface area contributed by atoms with Gasteiger partial charge in [-0.05, 0) is 37.1 Å². The highest BCUT2D eigenvalue weighted by molar-refractivity contribution is 6.06. The van der Waals surface area contributed by atoms with Crippen LogP contribution in [0, 0.1) is 0 Å². The molecular formula is C19H21N3O4. The summed E-state index contributed by atoms with van der Waals surface area (Å²) in [5.74, 6) is -0.868. The first kappa shape index (κ1) is 17.7. The number of aryl methyl sites for hydroxylation is 1. The second-order valence-corrected chi connectivity index (χ2v) is 6.24. The van der Waals surface area contributed by atoms with Crippen LogP contribution >= 0.6 is 0 Å².